The van der Waals surface area contributed by atoms with Crippen LogP contribution in [0.5, 0.6) is 5.75 Å². The number of pyridine rings is 1. The molecular weight excluding hydrogens is 425 g/mol. The molecule has 3 heterocycles. The van der Waals surface area contributed by atoms with E-state index < -0.39 is 28.7 Å². The predicted octanol–water partition coefficient (Wildman–Crippen LogP) is 3.09. The maximum Gasteiger partial charge on any atom is 0.278 e. The number of carbonyl (C=O) groups is 2. The van der Waals surface area contributed by atoms with Crippen molar-refractivity contribution in [1.82, 2.24) is 9.58 Å². The first kappa shape index (κ1) is 21.4. The maximum absolute atomic E-state index is 13.2. The van der Waals surface area contributed by atoms with Gasteiger partial charge in [0.15, 0.2) is 17.2 Å². The third-order valence-electron chi connectivity index (χ3n) is 5.99. The van der Waals surface area contributed by atoms with E-state index in [1.54, 1.807) is 4.90 Å². The zero-order valence-corrected chi connectivity index (χ0v) is 17.9. The van der Waals surface area contributed by atoms with E-state index in [2.05, 4.69) is 0 Å². The van der Waals surface area contributed by atoms with Crippen molar-refractivity contribution in [2.24, 2.45) is 0 Å². The van der Waals surface area contributed by atoms with E-state index in [1.165, 1.54) is 29.1 Å². The van der Waals surface area contributed by atoms with Crippen LogP contribution in [0.25, 0.3) is 0 Å². The highest BCUT2D eigenvalue weighted by Gasteiger charge is 2.40. The summed E-state index contributed by atoms with van der Waals surface area (Å²) >= 11 is 6.02. The number of nitrogens with zero attached hydrogens (tertiary/aromatic N) is 3. The molecule has 2 aromatic rings. The normalized spacial score (nSPS) is 18.0. The first-order valence-electron chi connectivity index (χ1n) is 10.4. The minimum absolute atomic E-state index is 0.0438. The number of aromatic nitrogens is 1. The van der Waals surface area contributed by atoms with Crippen molar-refractivity contribution in [2.45, 2.75) is 45.2 Å². The molecule has 31 heavy (non-hydrogen) atoms. The van der Waals surface area contributed by atoms with Crippen molar-refractivity contribution >= 4 is 23.3 Å². The fraction of sp³-hybridized carbons (Fsp3) is 0.409. The van der Waals surface area contributed by atoms with E-state index in [1.807, 2.05) is 11.9 Å². The predicted molar refractivity (Wildman–Crippen MR) is 114 cm³/mol. The summed E-state index contributed by atoms with van der Waals surface area (Å²) in [5.74, 6) is -2.08. The molecule has 1 saturated heterocycles. The standard InChI is InChI=1S/C22H23ClFN3O4/c1-2-25-18-5-3-4-10-26(18)27-12-15(20(29)21(30)19(27)22(25)31)17(28)9-7-13-6-8-14(24)11-16(13)23/h6,8,11-12,18,30H,2-5,7,9-10H2,1H3/t18-/m0/s1. The molecule has 1 amide bonds. The number of aromatic hydroxyl groups is 1. The van der Waals surface area contributed by atoms with Crippen LogP contribution in [0.3, 0.4) is 0 Å². The Kier molecular flexibility index (Phi) is 5.75. The van der Waals surface area contributed by atoms with Crippen molar-refractivity contribution in [3.05, 3.63) is 62.3 Å². The van der Waals surface area contributed by atoms with Gasteiger partial charge in [0.25, 0.3) is 5.91 Å². The Morgan fingerprint density at radius 2 is 2.06 bits per heavy atom. The lowest BCUT2D eigenvalue weighted by Gasteiger charge is -2.48. The van der Waals surface area contributed by atoms with E-state index in [9.17, 15) is 23.9 Å². The van der Waals surface area contributed by atoms with Crippen LogP contribution in [0.15, 0.2) is 29.2 Å². The van der Waals surface area contributed by atoms with Crippen molar-refractivity contribution in [3.8, 4) is 5.75 Å². The molecule has 0 radical (unpaired) electrons. The van der Waals surface area contributed by atoms with Gasteiger partial charge in [-0.05, 0) is 50.3 Å². The lowest BCUT2D eigenvalue weighted by molar-refractivity contribution is 0.0534. The van der Waals surface area contributed by atoms with E-state index in [0.717, 1.165) is 19.3 Å². The fourth-order valence-electron chi connectivity index (χ4n) is 4.39. The number of rotatable bonds is 5. The molecule has 164 valence electrons. The molecule has 1 N–H and O–H groups in total. The summed E-state index contributed by atoms with van der Waals surface area (Å²) in [5, 5.41) is 12.7. The highest BCUT2D eigenvalue weighted by Crippen LogP contribution is 2.29. The van der Waals surface area contributed by atoms with Gasteiger partial charge in [-0.1, -0.05) is 17.7 Å². The van der Waals surface area contributed by atoms with Crippen LogP contribution in [0.2, 0.25) is 5.02 Å². The molecule has 2 aliphatic heterocycles. The molecule has 2 aliphatic rings. The van der Waals surface area contributed by atoms with Crippen LogP contribution in [0, 0.1) is 5.82 Å². The number of amides is 1. The summed E-state index contributed by atoms with van der Waals surface area (Å²) < 4.78 is 14.7. The van der Waals surface area contributed by atoms with Gasteiger partial charge in [0, 0.05) is 30.7 Å². The van der Waals surface area contributed by atoms with Gasteiger partial charge in [0.1, 0.15) is 12.0 Å². The summed E-state index contributed by atoms with van der Waals surface area (Å²) in [4.78, 5) is 40.2. The summed E-state index contributed by atoms with van der Waals surface area (Å²) in [5.41, 5.74) is -0.561. The average molecular weight is 448 g/mol. The maximum atomic E-state index is 13.2. The molecule has 0 aliphatic carbocycles. The van der Waals surface area contributed by atoms with Gasteiger partial charge in [-0.2, -0.15) is 0 Å². The number of piperidine rings is 1. The molecule has 1 atom stereocenters. The Hall–Kier alpha value is -2.87. The number of carbonyl (C=O) groups excluding carboxylic acids is 2. The van der Waals surface area contributed by atoms with Crippen LogP contribution in [0.1, 0.15) is 59.0 Å². The fourth-order valence-corrected chi connectivity index (χ4v) is 4.65. The number of halogens is 2. The number of fused-ring (bicyclic) bond motifs is 3. The molecule has 0 spiro atoms. The second kappa shape index (κ2) is 8.34. The highest BCUT2D eigenvalue weighted by molar-refractivity contribution is 6.31. The van der Waals surface area contributed by atoms with Gasteiger partial charge in [-0.25, -0.2) is 4.39 Å². The van der Waals surface area contributed by atoms with E-state index in [-0.39, 0.29) is 35.3 Å². The zero-order valence-electron chi connectivity index (χ0n) is 17.1. The van der Waals surface area contributed by atoms with Crippen molar-refractivity contribution in [3.63, 3.8) is 0 Å². The van der Waals surface area contributed by atoms with Gasteiger partial charge in [0.2, 0.25) is 5.43 Å². The Balaban J connectivity index is 1.69. The van der Waals surface area contributed by atoms with Crippen molar-refractivity contribution < 1.29 is 19.1 Å². The minimum Gasteiger partial charge on any atom is -0.502 e. The molecular formula is C22H23ClFN3O4. The molecule has 0 bridgehead atoms. The van der Waals surface area contributed by atoms with Gasteiger partial charge in [-0.3, -0.25) is 24.1 Å². The Morgan fingerprint density at radius 1 is 1.29 bits per heavy atom. The second-order valence-corrected chi connectivity index (χ2v) is 8.21. The van der Waals surface area contributed by atoms with Crippen molar-refractivity contribution in [2.75, 3.05) is 18.1 Å². The summed E-state index contributed by atoms with van der Waals surface area (Å²) in [7, 11) is 0. The molecule has 1 aromatic heterocycles. The highest BCUT2D eigenvalue weighted by atomic mass is 35.5. The first-order chi connectivity index (χ1) is 14.8. The van der Waals surface area contributed by atoms with Crippen LogP contribution >= 0.6 is 11.6 Å². The lowest BCUT2D eigenvalue weighted by atomic mass is 10.0. The van der Waals surface area contributed by atoms with Crippen molar-refractivity contribution in [1.29, 1.82) is 0 Å². The number of aryl methyl sites for hydroxylation is 1. The SMILES string of the molecule is CCN1C(=O)c2c(O)c(=O)c(C(=O)CCc3ccc(F)cc3Cl)cn2N2CCCC[C@@H]12. The number of Topliss-reactive ketones (excluding diaryl/α,β-unsaturated/α-hetero) is 1. The molecule has 1 fully saturated rings. The van der Waals surface area contributed by atoms with Gasteiger partial charge in [-0.15, -0.1) is 0 Å². The largest absolute Gasteiger partial charge is 0.502 e. The van der Waals surface area contributed by atoms with Crippen LogP contribution in [0.4, 0.5) is 4.39 Å². The number of hydrogen-bond donors (Lipinski definition) is 1. The molecule has 1 aromatic carbocycles. The monoisotopic (exact) mass is 447 g/mol. The van der Waals surface area contributed by atoms with Crippen LogP contribution < -0.4 is 10.4 Å². The quantitative estimate of drug-likeness (QED) is 0.712. The smallest absolute Gasteiger partial charge is 0.278 e. The molecule has 0 saturated carbocycles. The lowest BCUT2D eigenvalue weighted by Crippen LogP contribution is -2.63. The Labute approximate surface area is 183 Å². The third-order valence-corrected chi connectivity index (χ3v) is 6.34. The third kappa shape index (κ3) is 3.69. The molecule has 9 heteroatoms. The van der Waals surface area contributed by atoms with E-state index in [4.69, 9.17) is 11.6 Å². The number of hydrogen-bond acceptors (Lipinski definition) is 5. The van der Waals surface area contributed by atoms with Gasteiger partial charge in [0.05, 0.1) is 5.56 Å². The summed E-state index contributed by atoms with van der Waals surface area (Å²) in [6.45, 7) is 2.95. The zero-order chi connectivity index (χ0) is 22.3. The number of benzene rings is 1. The second-order valence-electron chi connectivity index (χ2n) is 7.80. The summed E-state index contributed by atoms with van der Waals surface area (Å²) in [6.07, 6.45) is 4.01. The number of ketones is 1. The van der Waals surface area contributed by atoms with Gasteiger partial charge < -0.3 is 10.0 Å². The first-order valence-corrected chi connectivity index (χ1v) is 10.7. The van der Waals surface area contributed by atoms with E-state index in [0.29, 0.717) is 18.7 Å². The Bertz CT molecular complexity index is 1120. The van der Waals surface area contributed by atoms with Crippen LogP contribution in [-0.2, 0) is 6.42 Å². The van der Waals surface area contributed by atoms with Gasteiger partial charge >= 0.3 is 0 Å². The van der Waals surface area contributed by atoms with E-state index >= 15 is 0 Å². The average Bonchev–Trinajstić information content (AvgIpc) is 2.75. The topological polar surface area (TPSA) is 82.9 Å². The molecule has 4 rings (SSSR count). The van der Waals surface area contributed by atoms with Crippen LogP contribution in [-0.4, -0.2) is 45.6 Å². The molecule has 0 unspecified atom stereocenters. The summed E-state index contributed by atoms with van der Waals surface area (Å²) in [6, 6.07) is 3.92. The minimum atomic E-state index is -0.860. The molecule has 7 nitrogen and oxygen atoms in total. The Morgan fingerprint density at radius 3 is 2.77 bits per heavy atom.